The summed E-state index contributed by atoms with van der Waals surface area (Å²) < 4.78 is 11.0. The third kappa shape index (κ3) is 5.37. The van der Waals surface area contributed by atoms with Crippen molar-refractivity contribution in [2.75, 3.05) is 17.7 Å². The Kier molecular flexibility index (Phi) is 6.19. The number of hydrogen-bond donors (Lipinski definition) is 2. The van der Waals surface area contributed by atoms with E-state index < -0.39 is 5.97 Å². The van der Waals surface area contributed by atoms with Gasteiger partial charge in [0, 0.05) is 10.7 Å². The maximum atomic E-state index is 12.3. The Labute approximate surface area is 162 Å². The highest BCUT2D eigenvalue weighted by Crippen LogP contribution is 2.26. The number of esters is 1. The van der Waals surface area contributed by atoms with Crippen LogP contribution >= 0.6 is 11.6 Å². The number of nitrogens with two attached hydrogens (primary N) is 1. The highest BCUT2D eigenvalue weighted by atomic mass is 35.5. The van der Waals surface area contributed by atoms with Crippen LogP contribution < -0.4 is 15.8 Å². The molecule has 0 bridgehead atoms. The van der Waals surface area contributed by atoms with Crippen LogP contribution in [0.25, 0.3) is 0 Å². The summed E-state index contributed by atoms with van der Waals surface area (Å²) in [6, 6.07) is 11.4. The van der Waals surface area contributed by atoms with Gasteiger partial charge in [0.05, 0.1) is 11.3 Å². The van der Waals surface area contributed by atoms with Crippen molar-refractivity contribution in [3.63, 3.8) is 0 Å². The minimum Gasteiger partial charge on any atom is -0.482 e. The second-order valence-corrected chi connectivity index (χ2v) is 6.84. The van der Waals surface area contributed by atoms with Crippen LogP contribution in [0.2, 0.25) is 5.02 Å². The van der Waals surface area contributed by atoms with Gasteiger partial charge in [-0.15, -0.1) is 0 Å². The van der Waals surface area contributed by atoms with Gasteiger partial charge in [0.2, 0.25) is 0 Å². The van der Waals surface area contributed by atoms with E-state index in [1.807, 2.05) is 0 Å². The number of ether oxygens (including phenoxy) is 2. The van der Waals surface area contributed by atoms with E-state index in [1.165, 1.54) is 6.07 Å². The second kappa shape index (κ2) is 8.77. The van der Waals surface area contributed by atoms with Crippen LogP contribution in [-0.2, 0) is 9.53 Å². The van der Waals surface area contributed by atoms with E-state index in [2.05, 4.69) is 5.32 Å². The Balaban J connectivity index is 1.58. The quantitative estimate of drug-likeness (QED) is 0.575. The Morgan fingerprint density at radius 2 is 1.81 bits per heavy atom. The first-order valence-corrected chi connectivity index (χ1v) is 9.18. The molecule has 0 heterocycles. The van der Waals surface area contributed by atoms with Crippen molar-refractivity contribution < 1.29 is 19.1 Å². The van der Waals surface area contributed by atoms with E-state index >= 15 is 0 Å². The number of anilines is 2. The first kappa shape index (κ1) is 19.0. The van der Waals surface area contributed by atoms with Crippen LogP contribution in [0.1, 0.15) is 36.0 Å². The third-order valence-electron chi connectivity index (χ3n) is 4.31. The number of nitrogens with one attached hydrogen (secondary N) is 1. The molecule has 1 aliphatic rings. The molecule has 1 amide bonds. The highest BCUT2D eigenvalue weighted by Gasteiger charge is 2.21. The number of amides is 1. The third-order valence-corrected chi connectivity index (χ3v) is 4.56. The first-order valence-electron chi connectivity index (χ1n) is 8.80. The van der Waals surface area contributed by atoms with Gasteiger partial charge in [-0.1, -0.05) is 11.6 Å². The van der Waals surface area contributed by atoms with Crippen LogP contribution in [-0.4, -0.2) is 24.6 Å². The van der Waals surface area contributed by atoms with Crippen LogP contribution in [0, 0.1) is 0 Å². The fourth-order valence-electron chi connectivity index (χ4n) is 2.89. The number of benzene rings is 2. The molecule has 6 nitrogen and oxygen atoms in total. The van der Waals surface area contributed by atoms with Gasteiger partial charge < -0.3 is 20.5 Å². The van der Waals surface area contributed by atoms with Crippen molar-refractivity contribution in [1.29, 1.82) is 0 Å². The Morgan fingerprint density at radius 1 is 1.11 bits per heavy atom. The predicted molar refractivity (Wildman–Crippen MR) is 104 cm³/mol. The lowest BCUT2D eigenvalue weighted by atomic mass is 10.2. The average molecular weight is 389 g/mol. The number of hydrogen-bond acceptors (Lipinski definition) is 5. The smallest absolute Gasteiger partial charge is 0.338 e. The lowest BCUT2D eigenvalue weighted by molar-refractivity contribution is -0.118. The molecule has 27 heavy (non-hydrogen) atoms. The van der Waals surface area contributed by atoms with E-state index in [0.29, 0.717) is 22.0 Å². The fraction of sp³-hybridized carbons (Fsp3) is 0.300. The van der Waals surface area contributed by atoms with Gasteiger partial charge in [-0.25, -0.2) is 4.79 Å². The number of nitrogen functional groups attached to an aromatic ring is 1. The fourth-order valence-corrected chi connectivity index (χ4v) is 3.01. The van der Waals surface area contributed by atoms with Crippen LogP contribution in [0.4, 0.5) is 11.4 Å². The Hall–Kier alpha value is -2.73. The summed E-state index contributed by atoms with van der Waals surface area (Å²) in [6.07, 6.45) is 3.93. The molecule has 3 rings (SSSR count). The van der Waals surface area contributed by atoms with Gasteiger partial charge in [0.15, 0.2) is 6.61 Å². The summed E-state index contributed by atoms with van der Waals surface area (Å²) in [5.74, 6) is -0.491. The summed E-state index contributed by atoms with van der Waals surface area (Å²) in [5.41, 5.74) is 7.18. The molecular weight excluding hydrogens is 368 g/mol. The maximum Gasteiger partial charge on any atom is 0.338 e. The highest BCUT2D eigenvalue weighted by molar-refractivity contribution is 6.30. The number of rotatable bonds is 6. The number of carbonyl (C=O) groups is 2. The Bertz CT molecular complexity index is 817. The number of halogens is 1. The zero-order valence-electron chi connectivity index (χ0n) is 14.7. The van der Waals surface area contributed by atoms with Crippen LogP contribution in [0.15, 0.2) is 42.5 Å². The standard InChI is InChI=1S/C20H21ClN2O4/c21-14-6-8-15(9-7-14)23-19(24)12-26-18-11-13(5-10-17(18)22)20(25)27-16-3-1-2-4-16/h5-11,16H,1-4,12,22H2,(H,23,24). The summed E-state index contributed by atoms with van der Waals surface area (Å²) in [4.78, 5) is 24.3. The summed E-state index contributed by atoms with van der Waals surface area (Å²) in [5, 5.41) is 3.27. The topological polar surface area (TPSA) is 90.7 Å². The van der Waals surface area contributed by atoms with E-state index in [-0.39, 0.29) is 24.4 Å². The molecule has 0 unspecified atom stereocenters. The molecule has 142 valence electrons. The Morgan fingerprint density at radius 3 is 2.52 bits per heavy atom. The molecule has 0 aliphatic heterocycles. The molecule has 2 aromatic carbocycles. The molecule has 0 spiro atoms. The van der Waals surface area contributed by atoms with E-state index in [1.54, 1.807) is 36.4 Å². The van der Waals surface area contributed by atoms with E-state index in [0.717, 1.165) is 25.7 Å². The van der Waals surface area contributed by atoms with Crippen molar-refractivity contribution >= 4 is 34.9 Å². The molecule has 1 aliphatic carbocycles. The largest absolute Gasteiger partial charge is 0.482 e. The summed E-state index contributed by atoms with van der Waals surface area (Å²) >= 11 is 5.81. The first-order chi connectivity index (χ1) is 13.0. The number of carbonyl (C=O) groups excluding carboxylic acids is 2. The SMILES string of the molecule is Nc1ccc(C(=O)OC2CCCC2)cc1OCC(=O)Nc1ccc(Cl)cc1. The molecule has 0 aromatic heterocycles. The molecule has 0 saturated heterocycles. The molecule has 2 aromatic rings. The minimum absolute atomic E-state index is 0.0235. The molecule has 0 radical (unpaired) electrons. The zero-order chi connectivity index (χ0) is 19.2. The molecular formula is C20H21ClN2O4. The molecule has 0 atom stereocenters. The summed E-state index contributed by atoms with van der Waals surface area (Å²) in [7, 11) is 0. The van der Waals surface area contributed by atoms with Gasteiger partial charge in [-0.05, 0) is 68.1 Å². The predicted octanol–water partition coefficient (Wildman–Crippen LogP) is 4.04. The van der Waals surface area contributed by atoms with Crippen molar-refractivity contribution in [3.05, 3.63) is 53.1 Å². The molecule has 1 saturated carbocycles. The van der Waals surface area contributed by atoms with Gasteiger partial charge in [-0.3, -0.25) is 4.79 Å². The molecule has 7 heteroatoms. The van der Waals surface area contributed by atoms with E-state index in [9.17, 15) is 9.59 Å². The zero-order valence-corrected chi connectivity index (χ0v) is 15.5. The van der Waals surface area contributed by atoms with Crippen molar-refractivity contribution in [2.45, 2.75) is 31.8 Å². The van der Waals surface area contributed by atoms with Gasteiger partial charge in [0.25, 0.3) is 5.91 Å². The minimum atomic E-state index is -0.405. The van der Waals surface area contributed by atoms with Crippen LogP contribution in [0.3, 0.4) is 0 Å². The van der Waals surface area contributed by atoms with E-state index in [4.69, 9.17) is 26.8 Å². The lowest BCUT2D eigenvalue weighted by Crippen LogP contribution is -2.20. The van der Waals surface area contributed by atoms with Crippen molar-refractivity contribution in [1.82, 2.24) is 0 Å². The molecule has 3 N–H and O–H groups in total. The van der Waals surface area contributed by atoms with Crippen molar-refractivity contribution in [3.8, 4) is 5.75 Å². The second-order valence-electron chi connectivity index (χ2n) is 6.41. The van der Waals surface area contributed by atoms with Gasteiger partial charge in [0.1, 0.15) is 11.9 Å². The van der Waals surface area contributed by atoms with Crippen molar-refractivity contribution in [2.24, 2.45) is 0 Å². The monoisotopic (exact) mass is 388 g/mol. The summed E-state index contributed by atoms with van der Waals surface area (Å²) in [6.45, 7) is -0.242. The maximum absolute atomic E-state index is 12.3. The molecule has 1 fully saturated rings. The van der Waals surface area contributed by atoms with Gasteiger partial charge >= 0.3 is 5.97 Å². The lowest BCUT2D eigenvalue weighted by Gasteiger charge is -2.13. The normalized spacial score (nSPS) is 14.0. The van der Waals surface area contributed by atoms with Crippen LogP contribution in [0.5, 0.6) is 5.75 Å². The van der Waals surface area contributed by atoms with Gasteiger partial charge in [-0.2, -0.15) is 0 Å². The average Bonchev–Trinajstić information content (AvgIpc) is 3.16.